The first-order chi connectivity index (χ1) is 11.2. The Bertz CT molecular complexity index is 828. The second-order valence-corrected chi connectivity index (χ2v) is 8.38. The number of hydrogen-bond acceptors (Lipinski definition) is 3. The summed E-state index contributed by atoms with van der Waals surface area (Å²) in [6, 6.07) is 12.5. The molecule has 0 aliphatic rings. The topological polar surface area (TPSA) is 66.5 Å². The van der Waals surface area contributed by atoms with E-state index in [4.69, 9.17) is 0 Å². The fourth-order valence-corrected chi connectivity index (χ4v) is 3.45. The van der Waals surface area contributed by atoms with Crippen LogP contribution < -0.4 is 9.62 Å². The molecule has 0 saturated carbocycles. The Hall–Kier alpha value is -1.86. The maximum Gasteiger partial charge on any atom is 0.245 e. The number of halogens is 1. The first kappa shape index (κ1) is 18.5. The fourth-order valence-electron chi connectivity index (χ4n) is 2.33. The lowest BCUT2D eigenvalue weighted by molar-refractivity contribution is -0.114. The number of nitrogens with zero attached hydrogens (tertiary/aromatic N) is 1. The van der Waals surface area contributed by atoms with Crippen molar-refractivity contribution in [1.82, 2.24) is 0 Å². The molecule has 1 amide bonds. The molecule has 2 rings (SSSR count). The summed E-state index contributed by atoms with van der Waals surface area (Å²) in [7, 11) is -3.58. The van der Waals surface area contributed by atoms with E-state index in [2.05, 4.69) is 21.2 Å². The van der Waals surface area contributed by atoms with Crippen LogP contribution in [-0.4, -0.2) is 27.1 Å². The molecule has 0 heterocycles. The van der Waals surface area contributed by atoms with Crippen LogP contribution in [0, 0.1) is 13.8 Å². The molecule has 7 heteroatoms. The molecule has 0 aromatic heterocycles. The van der Waals surface area contributed by atoms with E-state index in [0.29, 0.717) is 11.4 Å². The second kappa shape index (κ2) is 7.36. The number of sulfonamides is 1. The van der Waals surface area contributed by atoms with Gasteiger partial charge in [0.05, 0.1) is 11.9 Å². The number of nitrogens with one attached hydrogen (secondary N) is 1. The number of aryl methyl sites for hydroxylation is 2. The molecule has 128 valence electrons. The average molecular weight is 411 g/mol. The summed E-state index contributed by atoms with van der Waals surface area (Å²) in [5, 5.41) is 2.81. The molecule has 2 aromatic rings. The van der Waals surface area contributed by atoms with Gasteiger partial charge in [-0.3, -0.25) is 9.10 Å². The minimum absolute atomic E-state index is 0.283. The first-order valence-electron chi connectivity index (χ1n) is 7.28. The number of anilines is 2. The van der Waals surface area contributed by atoms with E-state index in [0.717, 1.165) is 26.2 Å². The van der Waals surface area contributed by atoms with Gasteiger partial charge >= 0.3 is 0 Å². The van der Waals surface area contributed by atoms with E-state index in [-0.39, 0.29) is 12.5 Å². The molecule has 0 radical (unpaired) electrons. The highest BCUT2D eigenvalue weighted by molar-refractivity contribution is 9.10. The highest BCUT2D eigenvalue weighted by Gasteiger charge is 2.21. The predicted octanol–water partition coefficient (Wildman–Crippen LogP) is 3.47. The van der Waals surface area contributed by atoms with E-state index < -0.39 is 10.0 Å². The average Bonchev–Trinajstić information content (AvgIpc) is 2.49. The Kier molecular flexibility index (Phi) is 5.66. The Morgan fingerprint density at radius 3 is 2.12 bits per heavy atom. The summed E-state index contributed by atoms with van der Waals surface area (Å²) in [5.74, 6) is -0.388. The highest BCUT2D eigenvalue weighted by Crippen LogP contribution is 2.22. The summed E-state index contributed by atoms with van der Waals surface area (Å²) in [5.41, 5.74) is 3.01. The standard InChI is InChI=1S/C17H19BrN2O3S/c1-12-5-4-6-13(2)17(12)19-16(21)11-20(24(3,22)23)15-9-7-14(18)8-10-15/h4-10H,11H2,1-3H3,(H,19,21). The Labute approximate surface area is 150 Å². The quantitative estimate of drug-likeness (QED) is 0.820. The van der Waals surface area contributed by atoms with Crippen LogP contribution in [0.1, 0.15) is 11.1 Å². The van der Waals surface area contributed by atoms with Crippen LogP contribution in [0.5, 0.6) is 0 Å². The Morgan fingerprint density at radius 1 is 1.08 bits per heavy atom. The van der Waals surface area contributed by atoms with Crippen molar-refractivity contribution in [3.8, 4) is 0 Å². The van der Waals surface area contributed by atoms with Crippen molar-refractivity contribution in [3.05, 3.63) is 58.1 Å². The van der Waals surface area contributed by atoms with Gasteiger partial charge in [-0.1, -0.05) is 34.1 Å². The summed E-state index contributed by atoms with van der Waals surface area (Å²) in [4.78, 5) is 12.4. The summed E-state index contributed by atoms with van der Waals surface area (Å²) in [6.07, 6.45) is 1.08. The Morgan fingerprint density at radius 2 is 1.62 bits per heavy atom. The Balaban J connectivity index is 2.24. The van der Waals surface area contributed by atoms with Gasteiger partial charge in [-0.05, 0) is 49.2 Å². The predicted molar refractivity (Wildman–Crippen MR) is 101 cm³/mol. The van der Waals surface area contributed by atoms with Gasteiger partial charge in [0, 0.05) is 10.2 Å². The van der Waals surface area contributed by atoms with Gasteiger partial charge in [0.1, 0.15) is 6.54 Å². The minimum atomic E-state index is -3.58. The fraction of sp³-hybridized carbons (Fsp3) is 0.235. The van der Waals surface area contributed by atoms with Crippen molar-refractivity contribution < 1.29 is 13.2 Å². The van der Waals surface area contributed by atoms with Gasteiger partial charge in [0.25, 0.3) is 0 Å². The van der Waals surface area contributed by atoms with Crippen molar-refractivity contribution in [3.63, 3.8) is 0 Å². The first-order valence-corrected chi connectivity index (χ1v) is 9.92. The molecule has 0 saturated heterocycles. The monoisotopic (exact) mass is 410 g/mol. The maximum absolute atomic E-state index is 12.4. The molecule has 0 unspecified atom stereocenters. The maximum atomic E-state index is 12.4. The zero-order valence-corrected chi connectivity index (χ0v) is 16.1. The molecule has 0 fully saturated rings. The molecule has 1 N–H and O–H groups in total. The SMILES string of the molecule is Cc1cccc(C)c1NC(=O)CN(c1ccc(Br)cc1)S(C)(=O)=O. The lowest BCUT2D eigenvalue weighted by Gasteiger charge is -2.22. The smallest absolute Gasteiger partial charge is 0.245 e. The van der Waals surface area contributed by atoms with Crippen LogP contribution in [0.25, 0.3) is 0 Å². The number of carbonyl (C=O) groups is 1. The zero-order valence-electron chi connectivity index (χ0n) is 13.7. The van der Waals surface area contributed by atoms with E-state index in [9.17, 15) is 13.2 Å². The van der Waals surface area contributed by atoms with Crippen LogP contribution in [0.2, 0.25) is 0 Å². The van der Waals surface area contributed by atoms with E-state index in [1.165, 1.54) is 0 Å². The second-order valence-electron chi connectivity index (χ2n) is 5.56. The van der Waals surface area contributed by atoms with Gasteiger partial charge in [-0.25, -0.2) is 8.42 Å². The molecule has 0 spiro atoms. The number of carbonyl (C=O) groups excluding carboxylic acids is 1. The van der Waals surface area contributed by atoms with Gasteiger partial charge in [0.2, 0.25) is 15.9 Å². The largest absolute Gasteiger partial charge is 0.324 e. The summed E-state index contributed by atoms with van der Waals surface area (Å²) in [6.45, 7) is 3.51. The molecule has 0 aliphatic carbocycles. The molecular weight excluding hydrogens is 392 g/mol. The van der Waals surface area contributed by atoms with E-state index >= 15 is 0 Å². The van der Waals surface area contributed by atoms with Crippen LogP contribution in [0.15, 0.2) is 46.9 Å². The van der Waals surface area contributed by atoms with Crippen LogP contribution in [-0.2, 0) is 14.8 Å². The zero-order chi connectivity index (χ0) is 17.9. The molecular formula is C17H19BrN2O3S. The molecule has 0 atom stereocenters. The normalized spacial score (nSPS) is 11.2. The van der Waals surface area contributed by atoms with Crippen molar-refractivity contribution in [2.75, 3.05) is 22.4 Å². The van der Waals surface area contributed by atoms with Crippen molar-refractivity contribution in [2.45, 2.75) is 13.8 Å². The van der Waals surface area contributed by atoms with Gasteiger partial charge < -0.3 is 5.32 Å². The van der Waals surface area contributed by atoms with Crippen molar-refractivity contribution in [2.24, 2.45) is 0 Å². The van der Waals surface area contributed by atoms with Gasteiger partial charge in [-0.15, -0.1) is 0 Å². The molecule has 24 heavy (non-hydrogen) atoms. The van der Waals surface area contributed by atoms with E-state index in [1.807, 2.05) is 32.0 Å². The summed E-state index contributed by atoms with van der Waals surface area (Å²) < 4.78 is 26.1. The molecule has 5 nitrogen and oxygen atoms in total. The summed E-state index contributed by atoms with van der Waals surface area (Å²) >= 11 is 3.31. The number of hydrogen-bond donors (Lipinski definition) is 1. The van der Waals surface area contributed by atoms with Crippen LogP contribution >= 0.6 is 15.9 Å². The number of rotatable bonds is 5. The van der Waals surface area contributed by atoms with Gasteiger partial charge in [-0.2, -0.15) is 0 Å². The van der Waals surface area contributed by atoms with Crippen molar-refractivity contribution in [1.29, 1.82) is 0 Å². The lowest BCUT2D eigenvalue weighted by Crippen LogP contribution is -2.37. The molecule has 0 aliphatic heterocycles. The van der Waals surface area contributed by atoms with Crippen molar-refractivity contribution >= 4 is 43.2 Å². The van der Waals surface area contributed by atoms with Gasteiger partial charge in [0.15, 0.2) is 0 Å². The number of amides is 1. The minimum Gasteiger partial charge on any atom is -0.324 e. The third kappa shape index (κ3) is 4.58. The number of benzene rings is 2. The molecule has 0 bridgehead atoms. The highest BCUT2D eigenvalue weighted by atomic mass is 79.9. The van der Waals surface area contributed by atoms with Crippen LogP contribution in [0.3, 0.4) is 0 Å². The van der Waals surface area contributed by atoms with E-state index in [1.54, 1.807) is 24.3 Å². The number of para-hydroxylation sites is 1. The third-order valence-corrected chi connectivity index (χ3v) is 5.22. The van der Waals surface area contributed by atoms with Crippen LogP contribution in [0.4, 0.5) is 11.4 Å². The lowest BCUT2D eigenvalue weighted by atomic mass is 10.1. The molecule has 2 aromatic carbocycles. The third-order valence-electron chi connectivity index (χ3n) is 3.55.